The Kier molecular flexibility index (Phi) is 4.39. The lowest BCUT2D eigenvalue weighted by atomic mass is 9.91. The van der Waals surface area contributed by atoms with Crippen molar-refractivity contribution in [2.24, 2.45) is 0 Å². The van der Waals surface area contributed by atoms with Gasteiger partial charge in [0, 0.05) is 22.3 Å². The molecular weight excluding hydrogens is 296 g/mol. The largest absolute Gasteiger partial charge is 0.289 e. The molecule has 0 aliphatic heterocycles. The van der Waals surface area contributed by atoms with Crippen LogP contribution in [0.2, 0.25) is 0 Å². The number of benzene rings is 3. The Labute approximate surface area is 141 Å². The number of rotatable bonds is 4. The molecule has 2 heteroatoms. The van der Waals surface area contributed by atoms with Crippen molar-refractivity contribution in [3.8, 4) is 0 Å². The summed E-state index contributed by atoms with van der Waals surface area (Å²) in [6.07, 6.45) is 0. The van der Waals surface area contributed by atoms with Crippen molar-refractivity contribution < 1.29 is 9.59 Å². The van der Waals surface area contributed by atoms with Gasteiger partial charge in [0.2, 0.25) is 0 Å². The van der Waals surface area contributed by atoms with Gasteiger partial charge >= 0.3 is 0 Å². The summed E-state index contributed by atoms with van der Waals surface area (Å²) in [5.41, 5.74) is 4.22. The summed E-state index contributed by atoms with van der Waals surface area (Å²) >= 11 is 0. The number of carbonyl (C=O) groups excluding carboxylic acids is 2. The molecule has 2 nitrogen and oxygen atoms in total. The first kappa shape index (κ1) is 15.9. The lowest BCUT2D eigenvalue weighted by Gasteiger charge is -2.11. The van der Waals surface area contributed by atoms with Crippen molar-refractivity contribution in [3.63, 3.8) is 0 Å². The Bertz CT molecular complexity index is 817. The average molecular weight is 314 g/mol. The Morgan fingerprint density at radius 2 is 0.917 bits per heavy atom. The predicted molar refractivity (Wildman–Crippen MR) is 95.7 cm³/mol. The molecule has 3 aromatic rings. The molecule has 0 saturated heterocycles. The molecule has 118 valence electrons. The zero-order chi connectivity index (χ0) is 17.1. The summed E-state index contributed by atoms with van der Waals surface area (Å²) in [7, 11) is 0. The minimum Gasteiger partial charge on any atom is -0.289 e. The van der Waals surface area contributed by atoms with Gasteiger partial charge in [0.25, 0.3) is 0 Å². The van der Waals surface area contributed by atoms with Crippen LogP contribution < -0.4 is 0 Å². The van der Waals surface area contributed by atoms with Crippen LogP contribution in [0.5, 0.6) is 0 Å². The molecule has 0 heterocycles. The van der Waals surface area contributed by atoms with E-state index < -0.39 is 0 Å². The van der Waals surface area contributed by atoms with Crippen molar-refractivity contribution >= 4 is 11.6 Å². The summed E-state index contributed by atoms with van der Waals surface area (Å²) in [5, 5.41) is 0. The normalized spacial score (nSPS) is 10.4. The fourth-order valence-electron chi connectivity index (χ4n) is 2.80. The molecule has 0 bridgehead atoms. The Morgan fingerprint density at radius 3 is 1.25 bits per heavy atom. The highest BCUT2D eigenvalue weighted by Crippen LogP contribution is 2.22. The van der Waals surface area contributed by atoms with Crippen LogP contribution in [0.4, 0.5) is 0 Å². The molecule has 24 heavy (non-hydrogen) atoms. The number of hydrogen-bond donors (Lipinski definition) is 0. The molecule has 0 N–H and O–H groups in total. The van der Waals surface area contributed by atoms with Gasteiger partial charge in [-0.25, -0.2) is 0 Å². The maximum atomic E-state index is 12.7. The van der Waals surface area contributed by atoms with Gasteiger partial charge in [0.15, 0.2) is 11.6 Å². The van der Waals surface area contributed by atoms with Crippen LogP contribution in [0.1, 0.15) is 43.0 Å². The monoisotopic (exact) mass is 314 g/mol. The lowest BCUT2D eigenvalue weighted by Crippen LogP contribution is -2.09. The lowest BCUT2D eigenvalue weighted by molar-refractivity contribution is 0.102. The van der Waals surface area contributed by atoms with Gasteiger partial charge in [-0.1, -0.05) is 60.7 Å². The Hall–Kier alpha value is -3.00. The summed E-state index contributed by atoms with van der Waals surface area (Å²) in [5.74, 6) is -0.0372. The molecule has 0 aliphatic carbocycles. The SMILES string of the molecule is Cc1cc(C(=O)c2ccccc2)c(C)cc1C(=O)c1ccccc1. The topological polar surface area (TPSA) is 34.1 Å². The van der Waals surface area contributed by atoms with Crippen LogP contribution in [0.15, 0.2) is 72.8 Å². The van der Waals surface area contributed by atoms with E-state index in [1.165, 1.54) is 0 Å². The number of carbonyl (C=O) groups is 2. The van der Waals surface area contributed by atoms with Gasteiger partial charge in [-0.3, -0.25) is 9.59 Å². The Morgan fingerprint density at radius 1 is 0.583 bits per heavy atom. The van der Waals surface area contributed by atoms with Crippen LogP contribution in [0.3, 0.4) is 0 Å². The quantitative estimate of drug-likeness (QED) is 0.650. The van der Waals surface area contributed by atoms with Gasteiger partial charge in [-0.05, 0) is 37.1 Å². The second kappa shape index (κ2) is 6.63. The highest BCUT2D eigenvalue weighted by molar-refractivity contribution is 6.13. The van der Waals surface area contributed by atoms with E-state index in [0.717, 1.165) is 11.1 Å². The van der Waals surface area contributed by atoms with Crippen LogP contribution in [0, 0.1) is 13.8 Å². The molecule has 3 aromatic carbocycles. The third-order valence-electron chi connectivity index (χ3n) is 4.13. The smallest absolute Gasteiger partial charge is 0.193 e. The molecular formula is C22H18O2. The van der Waals surface area contributed by atoms with Crippen molar-refractivity contribution in [2.75, 3.05) is 0 Å². The summed E-state index contributed by atoms with van der Waals surface area (Å²) in [6.45, 7) is 3.74. The minimum atomic E-state index is -0.0186. The summed E-state index contributed by atoms with van der Waals surface area (Å²) in [4.78, 5) is 25.4. The zero-order valence-electron chi connectivity index (χ0n) is 13.7. The standard InChI is InChI=1S/C22H18O2/c1-15-13-20(22(24)18-11-7-4-8-12-18)16(2)14-19(15)21(23)17-9-5-3-6-10-17/h3-14H,1-2H3. The first-order valence-electron chi connectivity index (χ1n) is 7.88. The van der Waals surface area contributed by atoms with E-state index >= 15 is 0 Å². The van der Waals surface area contributed by atoms with E-state index in [1.807, 2.05) is 62.4 Å². The molecule has 0 amide bonds. The molecule has 0 fully saturated rings. The van der Waals surface area contributed by atoms with E-state index in [2.05, 4.69) is 0 Å². The van der Waals surface area contributed by atoms with E-state index in [-0.39, 0.29) is 11.6 Å². The fraction of sp³-hybridized carbons (Fsp3) is 0.0909. The minimum absolute atomic E-state index is 0.0186. The first-order chi connectivity index (χ1) is 11.6. The molecule has 0 unspecified atom stereocenters. The van der Waals surface area contributed by atoms with Gasteiger partial charge in [0.1, 0.15) is 0 Å². The summed E-state index contributed by atoms with van der Waals surface area (Å²) < 4.78 is 0. The van der Waals surface area contributed by atoms with Gasteiger partial charge in [-0.2, -0.15) is 0 Å². The first-order valence-corrected chi connectivity index (χ1v) is 7.88. The zero-order valence-corrected chi connectivity index (χ0v) is 13.7. The van der Waals surface area contributed by atoms with E-state index in [1.54, 1.807) is 24.3 Å². The third kappa shape index (κ3) is 3.04. The molecule has 3 rings (SSSR count). The van der Waals surface area contributed by atoms with E-state index in [4.69, 9.17) is 0 Å². The van der Waals surface area contributed by atoms with Crippen molar-refractivity contribution in [1.82, 2.24) is 0 Å². The van der Waals surface area contributed by atoms with E-state index in [9.17, 15) is 9.59 Å². The van der Waals surface area contributed by atoms with Gasteiger partial charge in [0.05, 0.1) is 0 Å². The Balaban J connectivity index is 2.01. The van der Waals surface area contributed by atoms with Crippen LogP contribution in [0.25, 0.3) is 0 Å². The van der Waals surface area contributed by atoms with Gasteiger partial charge < -0.3 is 0 Å². The number of hydrogen-bond acceptors (Lipinski definition) is 2. The molecule has 0 radical (unpaired) electrons. The average Bonchev–Trinajstić information content (AvgIpc) is 2.63. The predicted octanol–water partition coefficient (Wildman–Crippen LogP) is 4.77. The molecule has 0 aromatic heterocycles. The molecule has 0 atom stereocenters. The number of aryl methyl sites for hydroxylation is 2. The second-order valence-electron chi connectivity index (χ2n) is 5.87. The fourth-order valence-corrected chi connectivity index (χ4v) is 2.80. The maximum Gasteiger partial charge on any atom is 0.193 e. The third-order valence-corrected chi connectivity index (χ3v) is 4.13. The van der Waals surface area contributed by atoms with Crippen LogP contribution in [-0.2, 0) is 0 Å². The van der Waals surface area contributed by atoms with Crippen LogP contribution in [-0.4, -0.2) is 11.6 Å². The summed E-state index contributed by atoms with van der Waals surface area (Å²) in [6, 6.07) is 22.0. The molecule has 0 saturated carbocycles. The maximum absolute atomic E-state index is 12.7. The van der Waals surface area contributed by atoms with Crippen LogP contribution >= 0.6 is 0 Å². The van der Waals surface area contributed by atoms with E-state index in [0.29, 0.717) is 22.3 Å². The van der Waals surface area contributed by atoms with Gasteiger partial charge in [-0.15, -0.1) is 0 Å². The molecule has 0 spiro atoms. The second-order valence-corrected chi connectivity index (χ2v) is 5.87. The highest BCUT2D eigenvalue weighted by atomic mass is 16.1. The van der Waals surface area contributed by atoms with Crippen molar-refractivity contribution in [1.29, 1.82) is 0 Å². The highest BCUT2D eigenvalue weighted by Gasteiger charge is 2.17. The molecule has 0 aliphatic rings. The van der Waals surface area contributed by atoms with Crippen molar-refractivity contribution in [3.05, 3.63) is 106 Å². The number of ketones is 2. The van der Waals surface area contributed by atoms with Crippen molar-refractivity contribution in [2.45, 2.75) is 13.8 Å².